The Labute approximate surface area is 213 Å². The van der Waals surface area contributed by atoms with E-state index in [1.807, 2.05) is 81.4 Å². The fourth-order valence-electron chi connectivity index (χ4n) is 3.88. The van der Waals surface area contributed by atoms with Crippen molar-refractivity contribution in [1.82, 2.24) is 0 Å². The summed E-state index contributed by atoms with van der Waals surface area (Å²) in [6.07, 6.45) is 1.72. The highest BCUT2D eigenvalue weighted by molar-refractivity contribution is 8.14. The second kappa shape index (κ2) is 9.91. The smallest absolute Gasteiger partial charge is 0.283 e. The minimum atomic E-state index is -0.256. The van der Waals surface area contributed by atoms with E-state index in [0.29, 0.717) is 22.4 Å². The third-order valence-electron chi connectivity index (χ3n) is 6.03. The second-order valence-corrected chi connectivity index (χ2v) is 9.54. The number of hydrogen-bond acceptors (Lipinski definition) is 6. The molecule has 0 fully saturated rings. The van der Waals surface area contributed by atoms with Gasteiger partial charge in [-0.3, -0.25) is 14.5 Å². The quantitative estimate of drug-likeness (QED) is 0.472. The van der Waals surface area contributed by atoms with Crippen LogP contribution in [0.2, 0.25) is 0 Å². The molecule has 2 aliphatic rings. The van der Waals surface area contributed by atoms with Gasteiger partial charge in [-0.1, -0.05) is 47.7 Å². The first-order chi connectivity index (χ1) is 17.4. The van der Waals surface area contributed by atoms with E-state index in [2.05, 4.69) is 10.3 Å². The molecule has 0 saturated carbocycles. The van der Waals surface area contributed by atoms with Crippen molar-refractivity contribution in [2.75, 3.05) is 22.8 Å². The third-order valence-corrected chi connectivity index (χ3v) is 6.97. The van der Waals surface area contributed by atoms with E-state index >= 15 is 0 Å². The first-order valence-corrected chi connectivity index (χ1v) is 12.5. The number of carbonyl (C=O) groups is 2. The number of benzene rings is 3. The number of thioether (sulfide) groups is 1. The molecular formula is C28H25N3O4S. The van der Waals surface area contributed by atoms with Gasteiger partial charge < -0.3 is 14.8 Å². The molecule has 7 nitrogen and oxygen atoms in total. The molecule has 2 aliphatic heterocycles. The zero-order valence-electron chi connectivity index (χ0n) is 20.2. The van der Waals surface area contributed by atoms with Gasteiger partial charge in [0.25, 0.3) is 5.91 Å². The molecule has 5 rings (SSSR count). The van der Waals surface area contributed by atoms with Gasteiger partial charge in [-0.2, -0.15) is 0 Å². The number of nitrogens with one attached hydrogen (secondary N) is 1. The Hall–Kier alpha value is -4.04. The molecular weight excluding hydrogens is 474 g/mol. The standard InChI is InChI=1S/C28H25N3O4S/c1-17-7-10-21(11-8-17)31-27(33)23(13-20-9-12-24-25(14-20)35-16-34-24)30-28(31)36-15-26(32)29-22-6-4-5-18(2)19(22)3/h4-14H,15-16H2,1-3H3,(H,29,32)/b23-13+. The summed E-state index contributed by atoms with van der Waals surface area (Å²) in [4.78, 5) is 32.3. The first-order valence-electron chi connectivity index (χ1n) is 11.5. The van der Waals surface area contributed by atoms with Crippen LogP contribution in [0, 0.1) is 20.8 Å². The fraction of sp³-hybridized carbons (Fsp3) is 0.179. The first kappa shape index (κ1) is 23.7. The largest absolute Gasteiger partial charge is 0.454 e. The Morgan fingerprint density at radius 2 is 1.83 bits per heavy atom. The Morgan fingerprint density at radius 1 is 1.06 bits per heavy atom. The number of carbonyl (C=O) groups excluding carboxylic acids is 2. The molecule has 0 saturated heterocycles. The van der Waals surface area contributed by atoms with E-state index in [4.69, 9.17) is 9.47 Å². The highest BCUT2D eigenvalue weighted by Crippen LogP contribution is 2.34. The summed E-state index contributed by atoms with van der Waals surface area (Å²) in [6, 6.07) is 18.9. The van der Waals surface area contributed by atoms with Gasteiger partial charge in [0.15, 0.2) is 16.7 Å². The van der Waals surface area contributed by atoms with Gasteiger partial charge in [-0.05, 0) is 73.9 Å². The molecule has 0 aromatic heterocycles. The average Bonchev–Trinajstić information content (AvgIpc) is 3.45. The highest BCUT2D eigenvalue weighted by Gasteiger charge is 2.32. The van der Waals surface area contributed by atoms with E-state index in [1.54, 1.807) is 11.0 Å². The van der Waals surface area contributed by atoms with E-state index in [9.17, 15) is 9.59 Å². The number of rotatable bonds is 5. The second-order valence-electron chi connectivity index (χ2n) is 8.60. The summed E-state index contributed by atoms with van der Waals surface area (Å²) in [5.74, 6) is 0.992. The average molecular weight is 500 g/mol. The van der Waals surface area contributed by atoms with Crippen LogP contribution in [-0.2, 0) is 9.59 Å². The Bertz CT molecular complexity index is 1410. The monoisotopic (exact) mass is 499 g/mol. The maximum absolute atomic E-state index is 13.4. The van der Waals surface area contributed by atoms with Crippen molar-refractivity contribution in [1.29, 1.82) is 0 Å². The van der Waals surface area contributed by atoms with E-state index in [1.165, 1.54) is 11.8 Å². The number of aliphatic imine (C=N–C) groups is 1. The van der Waals surface area contributed by atoms with Crippen molar-refractivity contribution in [2.45, 2.75) is 20.8 Å². The molecule has 2 heterocycles. The normalized spacial score (nSPS) is 15.4. The number of hydrogen-bond donors (Lipinski definition) is 1. The lowest BCUT2D eigenvalue weighted by Gasteiger charge is -2.18. The maximum Gasteiger partial charge on any atom is 0.283 e. The van der Waals surface area contributed by atoms with Crippen LogP contribution >= 0.6 is 11.8 Å². The van der Waals surface area contributed by atoms with Gasteiger partial charge in [0.05, 0.1) is 11.4 Å². The van der Waals surface area contributed by atoms with Crippen molar-refractivity contribution in [3.63, 3.8) is 0 Å². The zero-order valence-corrected chi connectivity index (χ0v) is 21.0. The summed E-state index contributed by atoms with van der Waals surface area (Å²) < 4.78 is 10.8. The minimum absolute atomic E-state index is 0.110. The predicted octanol–water partition coefficient (Wildman–Crippen LogP) is 5.46. The fourth-order valence-corrected chi connectivity index (χ4v) is 4.69. The maximum atomic E-state index is 13.4. The molecule has 0 bridgehead atoms. The summed E-state index contributed by atoms with van der Waals surface area (Å²) >= 11 is 1.22. The van der Waals surface area contributed by atoms with Crippen molar-refractivity contribution in [3.05, 3.63) is 88.6 Å². The van der Waals surface area contributed by atoms with Crippen LogP contribution in [0.5, 0.6) is 11.5 Å². The summed E-state index contributed by atoms with van der Waals surface area (Å²) in [5, 5.41) is 3.42. The SMILES string of the molecule is Cc1ccc(N2C(=O)/C(=C\c3ccc4c(c3)OCO4)N=C2SCC(=O)Nc2cccc(C)c2C)cc1. The van der Waals surface area contributed by atoms with Crippen LogP contribution in [0.1, 0.15) is 22.3 Å². The third kappa shape index (κ3) is 4.85. The molecule has 182 valence electrons. The van der Waals surface area contributed by atoms with Crippen LogP contribution in [0.25, 0.3) is 6.08 Å². The van der Waals surface area contributed by atoms with Crippen LogP contribution in [0.3, 0.4) is 0 Å². The summed E-state index contributed by atoms with van der Waals surface area (Å²) in [7, 11) is 0. The molecule has 0 spiro atoms. The lowest BCUT2D eigenvalue weighted by molar-refractivity contribution is -0.114. The molecule has 36 heavy (non-hydrogen) atoms. The van der Waals surface area contributed by atoms with Gasteiger partial charge in [0.1, 0.15) is 5.70 Å². The van der Waals surface area contributed by atoms with Crippen molar-refractivity contribution >= 4 is 46.2 Å². The number of aryl methyl sites for hydroxylation is 2. The number of amides is 2. The minimum Gasteiger partial charge on any atom is -0.454 e. The van der Waals surface area contributed by atoms with Gasteiger partial charge in [-0.15, -0.1) is 0 Å². The Morgan fingerprint density at radius 3 is 2.64 bits per heavy atom. The summed E-state index contributed by atoms with van der Waals surface area (Å²) in [5.41, 5.74) is 5.75. The van der Waals surface area contributed by atoms with Gasteiger partial charge in [0, 0.05) is 5.69 Å². The van der Waals surface area contributed by atoms with Crippen molar-refractivity contribution in [2.24, 2.45) is 4.99 Å². The molecule has 3 aromatic carbocycles. The van der Waals surface area contributed by atoms with Crippen LogP contribution in [0.15, 0.2) is 71.4 Å². The molecule has 0 radical (unpaired) electrons. The number of amidine groups is 1. The number of nitrogens with zero attached hydrogens (tertiary/aromatic N) is 2. The molecule has 8 heteroatoms. The van der Waals surface area contributed by atoms with Gasteiger partial charge >= 0.3 is 0 Å². The number of fused-ring (bicyclic) bond motifs is 1. The van der Waals surface area contributed by atoms with Crippen molar-refractivity contribution < 1.29 is 19.1 Å². The highest BCUT2D eigenvalue weighted by atomic mass is 32.2. The Balaban J connectivity index is 1.39. The number of anilines is 2. The molecule has 1 N–H and O–H groups in total. The van der Waals surface area contributed by atoms with Gasteiger partial charge in [0.2, 0.25) is 12.7 Å². The number of ether oxygens (including phenoxy) is 2. The predicted molar refractivity (Wildman–Crippen MR) is 144 cm³/mol. The van der Waals surface area contributed by atoms with E-state index in [-0.39, 0.29) is 30.1 Å². The lowest BCUT2D eigenvalue weighted by atomic mass is 10.1. The molecule has 0 atom stereocenters. The Kier molecular flexibility index (Phi) is 6.52. The van der Waals surface area contributed by atoms with Crippen LogP contribution < -0.4 is 19.7 Å². The topological polar surface area (TPSA) is 80.2 Å². The summed E-state index contributed by atoms with van der Waals surface area (Å²) in [6.45, 7) is 6.15. The molecule has 0 unspecified atom stereocenters. The molecule has 2 amide bonds. The lowest BCUT2D eigenvalue weighted by Crippen LogP contribution is -2.31. The van der Waals surface area contributed by atoms with Crippen molar-refractivity contribution in [3.8, 4) is 11.5 Å². The molecule has 3 aromatic rings. The molecule has 0 aliphatic carbocycles. The van der Waals surface area contributed by atoms with E-state index in [0.717, 1.165) is 27.9 Å². The van der Waals surface area contributed by atoms with Crippen LogP contribution in [-0.4, -0.2) is 29.5 Å². The van der Waals surface area contributed by atoms with E-state index < -0.39 is 0 Å². The van der Waals surface area contributed by atoms with Gasteiger partial charge in [-0.25, -0.2) is 4.99 Å². The zero-order chi connectivity index (χ0) is 25.2. The van der Waals surface area contributed by atoms with Crippen LogP contribution in [0.4, 0.5) is 11.4 Å².